The monoisotopic (exact) mass is 578 g/mol. The molecule has 37 heavy (non-hydrogen) atoms. The molecule has 2 heterocycles. The van der Waals surface area contributed by atoms with Crippen LogP contribution in [0.1, 0.15) is 45.1 Å². The van der Waals surface area contributed by atoms with Gasteiger partial charge in [-0.3, -0.25) is 18.7 Å². The number of carbonyl (C=O) groups is 2. The Morgan fingerprint density at radius 1 is 0.973 bits per heavy atom. The third-order valence-electron chi connectivity index (χ3n) is 6.51. The minimum absolute atomic E-state index is 0.115. The molecular formula is C28H24BrClN4O3. The predicted molar refractivity (Wildman–Crippen MR) is 146 cm³/mol. The third-order valence-corrected chi connectivity index (χ3v) is 7.74. The molecule has 0 saturated carbocycles. The summed E-state index contributed by atoms with van der Waals surface area (Å²) in [6.45, 7) is 2.62. The number of hydrogen-bond donors (Lipinski definition) is 1. The fourth-order valence-corrected chi connectivity index (χ4v) is 5.01. The molecule has 188 valence electrons. The summed E-state index contributed by atoms with van der Waals surface area (Å²) in [6.07, 6.45) is 0. The van der Waals surface area contributed by atoms with Crippen molar-refractivity contribution in [3.63, 3.8) is 0 Å². The van der Waals surface area contributed by atoms with Gasteiger partial charge in [0.25, 0.3) is 11.8 Å². The highest BCUT2D eigenvalue weighted by Crippen LogP contribution is 2.26. The number of aromatic nitrogens is 2. The Labute approximate surface area is 227 Å². The van der Waals surface area contributed by atoms with Crippen molar-refractivity contribution in [2.75, 3.05) is 6.54 Å². The normalized spacial score (nSPS) is 13.6. The molecule has 0 saturated heterocycles. The van der Waals surface area contributed by atoms with Crippen LogP contribution in [-0.2, 0) is 13.1 Å². The van der Waals surface area contributed by atoms with Crippen LogP contribution in [0.2, 0.25) is 5.02 Å². The van der Waals surface area contributed by atoms with Gasteiger partial charge in [0.2, 0.25) is 0 Å². The van der Waals surface area contributed by atoms with Crippen molar-refractivity contribution >= 4 is 39.3 Å². The molecule has 9 heteroatoms. The molecule has 1 aromatic heterocycles. The van der Waals surface area contributed by atoms with E-state index in [2.05, 4.69) is 21.2 Å². The van der Waals surface area contributed by atoms with Crippen LogP contribution in [0.3, 0.4) is 0 Å². The van der Waals surface area contributed by atoms with Gasteiger partial charge in [-0.1, -0.05) is 60.1 Å². The van der Waals surface area contributed by atoms with Crippen LogP contribution >= 0.6 is 27.5 Å². The number of halogens is 2. The zero-order valence-electron chi connectivity index (χ0n) is 20.0. The lowest BCUT2D eigenvalue weighted by Gasteiger charge is -2.28. The zero-order chi connectivity index (χ0) is 26.1. The van der Waals surface area contributed by atoms with Crippen LogP contribution in [0.25, 0.3) is 5.69 Å². The summed E-state index contributed by atoms with van der Waals surface area (Å²) >= 11 is 9.56. The standard InChI is InChI=1S/C28H24BrClN4O3/c1-18(19-8-4-2-5-9-19)31-26(35)25-24-17-32(27(36)20-12-13-22(29)23(30)16-20)14-15-33(24)28(37)34(25)21-10-6-3-7-11-21/h2-13,16,18H,14-15,17H2,1H3,(H,31,35)/t18-/m0/s1. The lowest BCUT2D eigenvalue weighted by atomic mass is 10.1. The van der Waals surface area contributed by atoms with Gasteiger partial charge in [-0.05, 0) is 58.7 Å². The summed E-state index contributed by atoms with van der Waals surface area (Å²) in [4.78, 5) is 42.2. The first-order valence-corrected chi connectivity index (χ1v) is 13.0. The maximum Gasteiger partial charge on any atom is 0.333 e. The van der Waals surface area contributed by atoms with Gasteiger partial charge < -0.3 is 10.2 Å². The van der Waals surface area contributed by atoms with Gasteiger partial charge in [-0.2, -0.15) is 0 Å². The van der Waals surface area contributed by atoms with Crippen LogP contribution in [0.15, 0.2) is 88.1 Å². The van der Waals surface area contributed by atoms with Crippen LogP contribution in [0, 0.1) is 0 Å². The van der Waals surface area contributed by atoms with E-state index in [0.717, 1.165) is 5.56 Å². The highest BCUT2D eigenvalue weighted by molar-refractivity contribution is 9.10. The first-order chi connectivity index (χ1) is 17.8. The Morgan fingerprint density at radius 2 is 1.65 bits per heavy atom. The quantitative estimate of drug-likeness (QED) is 0.353. The van der Waals surface area contributed by atoms with Crippen molar-refractivity contribution in [2.24, 2.45) is 0 Å². The average Bonchev–Trinajstić information content (AvgIpc) is 3.22. The average molecular weight is 580 g/mol. The molecule has 4 aromatic rings. The second-order valence-electron chi connectivity index (χ2n) is 8.86. The number of rotatable bonds is 5. The Balaban J connectivity index is 1.54. The lowest BCUT2D eigenvalue weighted by Crippen LogP contribution is -2.41. The molecule has 1 aliphatic heterocycles. The summed E-state index contributed by atoms with van der Waals surface area (Å²) in [5.41, 5.74) is 2.39. The molecule has 0 fully saturated rings. The largest absolute Gasteiger partial charge is 0.344 e. The molecular weight excluding hydrogens is 556 g/mol. The third kappa shape index (κ3) is 4.86. The fourth-order valence-electron chi connectivity index (χ4n) is 4.58. The van der Waals surface area contributed by atoms with Gasteiger partial charge in [-0.25, -0.2) is 4.79 Å². The number of fused-ring (bicyclic) bond motifs is 1. The predicted octanol–water partition coefficient (Wildman–Crippen LogP) is 5.20. The number of amides is 2. The number of nitrogens with one attached hydrogen (secondary N) is 1. The van der Waals surface area contributed by atoms with Crippen molar-refractivity contribution in [2.45, 2.75) is 26.1 Å². The molecule has 5 rings (SSSR count). The van der Waals surface area contributed by atoms with Crippen LogP contribution in [0.5, 0.6) is 0 Å². The van der Waals surface area contributed by atoms with Crippen molar-refractivity contribution in [1.29, 1.82) is 0 Å². The smallest absolute Gasteiger partial charge is 0.333 e. The minimum Gasteiger partial charge on any atom is -0.344 e. The zero-order valence-corrected chi connectivity index (χ0v) is 22.4. The second-order valence-corrected chi connectivity index (χ2v) is 10.1. The van der Waals surface area contributed by atoms with Crippen molar-refractivity contribution in [1.82, 2.24) is 19.4 Å². The molecule has 0 bridgehead atoms. The maximum absolute atomic E-state index is 13.7. The van der Waals surface area contributed by atoms with Gasteiger partial charge in [0.05, 0.1) is 29.0 Å². The van der Waals surface area contributed by atoms with E-state index in [-0.39, 0.29) is 42.3 Å². The second kappa shape index (κ2) is 10.4. The molecule has 3 aromatic carbocycles. The highest BCUT2D eigenvalue weighted by atomic mass is 79.9. The number of hydrogen-bond acceptors (Lipinski definition) is 3. The molecule has 1 aliphatic rings. The van der Waals surface area contributed by atoms with Crippen LogP contribution in [0.4, 0.5) is 0 Å². The first-order valence-electron chi connectivity index (χ1n) is 11.8. The topological polar surface area (TPSA) is 76.3 Å². The van der Waals surface area contributed by atoms with Gasteiger partial charge in [0, 0.05) is 23.1 Å². The van der Waals surface area contributed by atoms with E-state index in [9.17, 15) is 14.4 Å². The van der Waals surface area contributed by atoms with Crippen molar-refractivity contribution in [3.05, 3.63) is 121 Å². The summed E-state index contributed by atoms with van der Waals surface area (Å²) in [5, 5.41) is 3.47. The van der Waals surface area contributed by atoms with Crippen molar-refractivity contribution < 1.29 is 9.59 Å². The van der Waals surface area contributed by atoms with Gasteiger partial charge in [-0.15, -0.1) is 0 Å². The van der Waals surface area contributed by atoms with Gasteiger partial charge >= 0.3 is 5.69 Å². The Bertz CT molecular complexity index is 1530. The summed E-state index contributed by atoms with van der Waals surface area (Å²) in [6, 6.07) is 23.4. The summed E-state index contributed by atoms with van der Waals surface area (Å²) < 4.78 is 3.73. The Hall–Kier alpha value is -3.62. The lowest BCUT2D eigenvalue weighted by molar-refractivity contribution is 0.0706. The number of nitrogens with zero attached hydrogens (tertiary/aromatic N) is 3. The van der Waals surface area contributed by atoms with E-state index in [0.29, 0.717) is 33.0 Å². The fraction of sp³-hybridized carbons (Fsp3) is 0.179. The number of para-hydroxylation sites is 1. The Kier molecular flexibility index (Phi) is 7.04. The SMILES string of the molecule is C[C@H](NC(=O)c1c2n(c(=O)n1-c1ccccc1)CCN(C(=O)c1ccc(Br)c(Cl)c1)C2)c1ccccc1. The summed E-state index contributed by atoms with van der Waals surface area (Å²) in [5.74, 6) is -0.600. The molecule has 1 N–H and O–H groups in total. The van der Waals surface area contributed by atoms with E-state index in [1.54, 1.807) is 39.8 Å². The molecule has 0 radical (unpaired) electrons. The number of imidazole rings is 1. The first kappa shape index (κ1) is 25.0. The van der Waals surface area contributed by atoms with E-state index in [1.165, 1.54) is 4.57 Å². The van der Waals surface area contributed by atoms with E-state index in [1.807, 2.05) is 55.5 Å². The highest BCUT2D eigenvalue weighted by Gasteiger charge is 2.32. The molecule has 0 unspecified atom stereocenters. The van der Waals surface area contributed by atoms with Gasteiger partial charge in [0.1, 0.15) is 5.69 Å². The maximum atomic E-state index is 13.7. The van der Waals surface area contributed by atoms with E-state index < -0.39 is 0 Å². The molecule has 1 atom stereocenters. The molecule has 0 spiro atoms. The molecule has 7 nitrogen and oxygen atoms in total. The summed E-state index contributed by atoms with van der Waals surface area (Å²) in [7, 11) is 0. The van der Waals surface area contributed by atoms with Crippen LogP contribution < -0.4 is 11.0 Å². The van der Waals surface area contributed by atoms with E-state index >= 15 is 0 Å². The molecule has 0 aliphatic carbocycles. The van der Waals surface area contributed by atoms with Gasteiger partial charge in [0.15, 0.2) is 0 Å². The van der Waals surface area contributed by atoms with Crippen LogP contribution in [-0.4, -0.2) is 32.4 Å². The van der Waals surface area contributed by atoms with E-state index in [4.69, 9.17) is 11.6 Å². The number of carbonyl (C=O) groups excluding carboxylic acids is 2. The molecule has 2 amide bonds. The number of benzene rings is 3. The Morgan fingerprint density at radius 3 is 2.32 bits per heavy atom. The minimum atomic E-state index is -0.382. The van der Waals surface area contributed by atoms with Crippen molar-refractivity contribution in [3.8, 4) is 5.69 Å².